The number of carbonyl (C=O) groups is 1. The van der Waals surface area contributed by atoms with E-state index in [1.54, 1.807) is 34.7 Å². The van der Waals surface area contributed by atoms with Crippen LogP contribution in [0.5, 0.6) is 0 Å². The molecular weight excluding hydrogens is 657 g/mol. The average Bonchev–Trinajstić information content (AvgIpc) is 3.09. The second kappa shape index (κ2) is 15.4. The Labute approximate surface area is 286 Å². The van der Waals surface area contributed by atoms with Crippen LogP contribution < -0.4 is 5.43 Å². The molecule has 0 aliphatic rings. The van der Waals surface area contributed by atoms with Crippen molar-refractivity contribution < 1.29 is 26.7 Å². The minimum absolute atomic E-state index is 0.0446. The normalized spacial score (nSPS) is 11.8. The van der Waals surface area contributed by atoms with E-state index in [9.17, 15) is 31.5 Å². The summed E-state index contributed by atoms with van der Waals surface area (Å²) in [6.45, 7) is 6.61. The van der Waals surface area contributed by atoms with Crippen molar-refractivity contribution in [2.75, 3.05) is 20.1 Å². The molecule has 0 unspecified atom stereocenters. The van der Waals surface area contributed by atoms with Crippen LogP contribution >= 0.6 is 11.8 Å². The van der Waals surface area contributed by atoms with Crippen LogP contribution in [0.25, 0.3) is 22.0 Å². The molecule has 5 rings (SSSR count). The number of rotatable bonds is 12. The summed E-state index contributed by atoms with van der Waals surface area (Å²) in [5.74, 6) is -2.11. The third kappa shape index (κ3) is 8.58. The van der Waals surface area contributed by atoms with Gasteiger partial charge in [0, 0.05) is 42.9 Å². The van der Waals surface area contributed by atoms with Crippen molar-refractivity contribution in [3.63, 3.8) is 0 Å². The molecule has 49 heavy (non-hydrogen) atoms. The number of fused-ring (bicyclic) bond motifs is 1. The van der Waals surface area contributed by atoms with Gasteiger partial charge in [0.25, 0.3) is 0 Å². The summed E-state index contributed by atoms with van der Waals surface area (Å²) in [6.07, 6.45) is -4.41. The van der Waals surface area contributed by atoms with Gasteiger partial charge in [0.2, 0.25) is 5.91 Å². The summed E-state index contributed by atoms with van der Waals surface area (Å²) in [5, 5.41) is 0.891. The number of benzene rings is 4. The minimum Gasteiger partial charge on any atom is -0.340 e. The highest BCUT2D eigenvalue weighted by atomic mass is 32.2. The molecule has 0 saturated carbocycles. The van der Waals surface area contributed by atoms with E-state index in [0.29, 0.717) is 28.0 Å². The number of thioether (sulfide) groups is 1. The quantitative estimate of drug-likeness (QED) is 0.0969. The van der Waals surface area contributed by atoms with Crippen molar-refractivity contribution in [1.29, 1.82) is 0 Å². The molecule has 0 aliphatic heterocycles. The Hall–Kier alpha value is -4.48. The topological polar surface area (TPSA) is 45.6 Å². The largest absolute Gasteiger partial charge is 0.416 e. The van der Waals surface area contributed by atoms with Gasteiger partial charge in [-0.1, -0.05) is 68.4 Å². The zero-order valence-corrected chi connectivity index (χ0v) is 28.2. The van der Waals surface area contributed by atoms with E-state index in [1.807, 2.05) is 24.3 Å². The molecule has 0 bridgehead atoms. The molecule has 0 N–H and O–H groups in total. The van der Waals surface area contributed by atoms with E-state index < -0.39 is 23.4 Å². The second-order valence-corrected chi connectivity index (χ2v) is 12.8. The molecule has 256 valence electrons. The van der Waals surface area contributed by atoms with Gasteiger partial charge < -0.3 is 9.47 Å². The van der Waals surface area contributed by atoms with Crippen molar-refractivity contribution in [3.05, 3.63) is 135 Å². The molecule has 0 atom stereocenters. The molecule has 4 aromatic carbocycles. The monoisotopic (exact) mass is 693 g/mol. The number of alkyl halides is 3. The van der Waals surface area contributed by atoms with Gasteiger partial charge in [-0.15, -0.1) is 11.8 Å². The summed E-state index contributed by atoms with van der Waals surface area (Å²) < 4.78 is 69.1. The van der Waals surface area contributed by atoms with E-state index in [2.05, 4.69) is 18.7 Å². The van der Waals surface area contributed by atoms with Crippen molar-refractivity contribution in [2.45, 2.75) is 50.4 Å². The van der Waals surface area contributed by atoms with Crippen LogP contribution in [-0.4, -0.2) is 40.4 Å². The average molecular weight is 694 g/mol. The maximum absolute atomic E-state index is 14.5. The summed E-state index contributed by atoms with van der Waals surface area (Å²) in [6, 6.07) is 23.1. The summed E-state index contributed by atoms with van der Waals surface area (Å²) in [5.41, 5.74) is 2.92. The number of halogens is 5. The van der Waals surface area contributed by atoms with Gasteiger partial charge in [-0.2, -0.15) is 13.2 Å². The smallest absolute Gasteiger partial charge is 0.340 e. The van der Waals surface area contributed by atoms with Gasteiger partial charge >= 0.3 is 6.18 Å². The van der Waals surface area contributed by atoms with Crippen LogP contribution in [0.4, 0.5) is 22.0 Å². The Kier molecular flexibility index (Phi) is 11.2. The molecular formula is C38H36F5N3O2S. The Balaban J connectivity index is 1.41. The van der Waals surface area contributed by atoms with Crippen LogP contribution in [-0.2, 0) is 36.4 Å². The first-order valence-electron chi connectivity index (χ1n) is 15.8. The lowest BCUT2D eigenvalue weighted by Crippen LogP contribution is -2.31. The molecule has 0 fully saturated rings. The highest BCUT2D eigenvalue weighted by molar-refractivity contribution is 7.98. The van der Waals surface area contributed by atoms with Gasteiger partial charge in [-0.3, -0.25) is 14.5 Å². The third-order valence-corrected chi connectivity index (χ3v) is 9.57. The summed E-state index contributed by atoms with van der Waals surface area (Å²) >= 11 is 1.15. The van der Waals surface area contributed by atoms with E-state index in [-0.39, 0.29) is 35.7 Å². The minimum atomic E-state index is -4.41. The first-order chi connectivity index (χ1) is 23.4. The maximum Gasteiger partial charge on any atom is 0.416 e. The number of hydrogen-bond acceptors (Lipinski definition) is 4. The van der Waals surface area contributed by atoms with Crippen LogP contribution in [0, 0.1) is 11.6 Å². The number of hydrogen-bond donors (Lipinski definition) is 0. The number of aromatic nitrogens is 1. The lowest BCUT2D eigenvalue weighted by molar-refractivity contribution is -0.137. The van der Waals surface area contributed by atoms with E-state index >= 15 is 0 Å². The van der Waals surface area contributed by atoms with Crippen LogP contribution in [0.3, 0.4) is 0 Å². The Morgan fingerprint density at radius 2 is 1.45 bits per heavy atom. The van der Waals surface area contributed by atoms with Gasteiger partial charge in [0.15, 0.2) is 17.1 Å². The maximum atomic E-state index is 14.5. The van der Waals surface area contributed by atoms with Gasteiger partial charge in [-0.25, -0.2) is 8.78 Å². The number of nitrogens with zero attached hydrogens (tertiary/aromatic N) is 3. The second-order valence-electron chi connectivity index (χ2n) is 11.8. The first-order valence-corrected chi connectivity index (χ1v) is 16.8. The predicted octanol–water partition coefficient (Wildman–Crippen LogP) is 8.76. The van der Waals surface area contributed by atoms with Crippen molar-refractivity contribution in [3.8, 4) is 11.1 Å². The zero-order valence-electron chi connectivity index (χ0n) is 27.4. The number of amides is 1. The molecule has 0 aliphatic carbocycles. The highest BCUT2D eigenvalue weighted by Gasteiger charge is 2.30. The van der Waals surface area contributed by atoms with Gasteiger partial charge in [0.1, 0.15) is 6.54 Å². The number of likely N-dealkylation sites (N-methyl/N-ethyl adjacent to an activating group) is 1. The fourth-order valence-electron chi connectivity index (χ4n) is 5.57. The SMILES string of the molecule is CCN(CC)Cc1ccc2c(=O)cc(SCc3cccc(F)c3F)n(CC(=O)N(C)Cc3ccc(-c4ccc(C(F)(F)F)cc4)cc3)c2c1. The molecule has 0 saturated heterocycles. The van der Waals surface area contributed by atoms with Gasteiger partial charge in [-0.05, 0) is 65.7 Å². The van der Waals surface area contributed by atoms with Gasteiger partial charge in [0.05, 0.1) is 16.1 Å². The van der Waals surface area contributed by atoms with Crippen molar-refractivity contribution >= 4 is 28.6 Å². The van der Waals surface area contributed by atoms with Crippen molar-refractivity contribution in [2.24, 2.45) is 0 Å². The fraction of sp³-hybridized carbons (Fsp3) is 0.263. The van der Waals surface area contributed by atoms with Crippen LogP contribution in [0.1, 0.15) is 36.1 Å². The summed E-state index contributed by atoms with van der Waals surface area (Å²) in [7, 11) is 1.66. The Morgan fingerprint density at radius 1 is 0.816 bits per heavy atom. The molecule has 5 aromatic rings. The van der Waals surface area contributed by atoms with Crippen LogP contribution in [0.15, 0.2) is 101 Å². The van der Waals surface area contributed by atoms with Crippen LogP contribution in [0.2, 0.25) is 0 Å². The molecule has 0 spiro atoms. The van der Waals surface area contributed by atoms with E-state index in [4.69, 9.17) is 0 Å². The molecule has 1 aromatic heterocycles. The third-order valence-electron chi connectivity index (χ3n) is 8.49. The molecule has 0 radical (unpaired) electrons. The molecule has 5 nitrogen and oxygen atoms in total. The standard InChI is InChI=1S/C38H36F5N3O2S/c1-4-45(5-2)22-26-11-18-31-33(19-26)46(36(20-34(31)47)49-24-29-7-6-8-32(39)37(29)40)23-35(48)44(3)21-25-9-12-27(13-10-25)28-14-16-30(17-15-28)38(41,42)43/h6-20H,4-5,21-24H2,1-3H3. The first kappa shape index (κ1) is 35.8. The fourth-order valence-corrected chi connectivity index (χ4v) is 6.60. The number of carbonyl (C=O) groups excluding carboxylic acids is 1. The Bertz CT molecular complexity index is 1990. The Morgan fingerprint density at radius 3 is 2.08 bits per heavy atom. The zero-order chi connectivity index (χ0) is 35.3. The molecule has 11 heteroatoms. The lowest BCUT2D eigenvalue weighted by atomic mass is 10.0. The highest BCUT2D eigenvalue weighted by Crippen LogP contribution is 2.31. The number of pyridine rings is 1. The van der Waals surface area contributed by atoms with E-state index in [1.165, 1.54) is 30.3 Å². The molecule has 1 heterocycles. The van der Waals surface area contributed by atoms with Crippen molar-refractivity contribution in [1.82, 2.24) is 14.4 Å². The van der Waals surface area contributed by atoms with E-state index in [0.717, 1.165) is 59.7 Å². The molecule has 1 amide bonds. The lowest BCUT2D eigenvalue weighted by Gasteiger charge is -2.22. The summed E-state index contributed by atoms with van der Waals surface area (Å²) in [4.78, 5) is 30.8. The predicted molar refractivity (Wildman–Crippen MR) is 184 cm³/mol.